The highest BCUT2D eigenvalue weighted by atomic mass is 19.4. The Morgan fingerprint density at radius 3 is 2.43 bits per heavy atom. The second kappa shape index (κ2) is 3.76. The molecular weight excluding hydrogens is 197 g/mol. The molecule has 0 aromatic carbocycles. The van der Waals surface area contributed by atoms with E-state index in [9.17, 15) is 18.0 Å². The first-order chi connectivity index (χ1) is 6.38. The Kier molecular flexibility index (Phi) is 3.04. The van der Waals surface area contributed by atoms with E-state index in [1.807, 2.05) is 0 Å². The summed E-state index contributed by atoms with van der Waals surface area (Å²) in [5.74, 6) is -0.430. The molecule has 0 aromatic heterocycles. The predicted molar refractivity (Wildman–Crippen MR) is 43.5 cm³/mol. The maximum atomic E-state index is 12.4. The first-order valence-corrected chi connectivity index (χ1v) is 4.50. The minimum absolute atomic E-state index is 0.000741. The Labute approximate surface area is 80.3 Å². The normalized spacial score (nSPS) is 29.5. The van der Waals surface area contributed by atoms with Crippen molar-refractivity contribution < 1.29 is 23.3 Å². The average Bonchev–Trinajstić information content (AvgIpc) is 2.07. The molecule has 1 fully saturated rings. The van der Waals surface area contributed by atoms with Gasteiger partial charge in [0.15, 0.2) is 6.04 Å². The number of alkyl halides is 3. The molecule has 2 N–H and O–H groups in total. The number of nitrogens with zero attached hydrogens (tertiary/aromatic N) is 1. The molecule has 0 spiro atoms. The third kappa shape index (κ3) is 2.00. The topological polar surface area (TPSA) is 36.9 Å². The Morgan fingerprint density at radius 1 is 1.43 bits per heavy atom. The van der Waals surface area contributed by atoms with Gasteiger partial charge in [0, 0.05) is 13.5 Å². The van der Waals surface area contributed by atoms with Crippen LogP contribution in [0.3, 0.4) is 0 Å². The Bertz CT molecular complexity index is 229. The number of rotatable bonds is 1. The standard InChI is InChI=1S/C8H13F3N2O/c1-12-5-3-4-6(8(9,10)11)13(2)7(5)14/h5-6,12H,3-4H2,1-2H3/p+1/t5-,6+/m1/s1. The molecule has 0 radical (unpaired) electrons. The van der Waals surface area contributed by atoms with Gasteiger partial charge in [-0.3, -0.25) is 4.79 Å². The van der Waals surface area contributed by atoms with Crippen LogP contribution in [0.15, 0.2) is 0 Å². The van der Waals surface area contributed by atoms with E-state index >= 15 is 0 Å². The maximum Gasteiger partial charge on any atom is 0.408 e. The van der Waals surface area contributed by atoms with Crippen molar-refractivity contribution in [3.05, 3.63) is 0 Å². The van der Waals surface area contributed by atoms with Gasteiger partial charge in [0.1, 0.15) is 6.04 Å². The van der Waals surface area contributed by atoms with Crippen LogP contribution in [0.1, 0.15) is 12.8 Å². The van der Waals surface area contributed by atoms with Gasteiger partial charge in [-0.15, -0.1) is 0 Å². The summed E-state index contributed by atoms with van der Waals surface area (Å²) in [7, 11) is 2.92. The number of amides is 1. The van der Waals surface area contributed by atoms with E-state index in [2.05, 4.69) is 0 Å². The van der Waals surface area contributed by atoms with Crippen LogP contribution in [0.2, 0.25) is 0 Å². The molecule has 1 aliphatic heterocycles. The second-order valence-electron chi connectivity index (χ2n) is 3.52. The summed E-state index contributed by atoms with van der Waals surface area (Å²) in [6.45, 7) is 0. The van der Waals surface area contributed by atoms with Crippen LogP contribution >= 0.6 is 0 Å². The van der Waals surface area contributed by atoms with Crippen molar-refractivity contribution in [3.8, 4) is 0 Å². The van der Waals surface area contributed by atoms with Crippen molar-refractivity contribution >= 4 is 5.91 Å². The molecule has 82 valence electrons. The molecule has 0 aromatic rings. The van der Waals surface area contributed by atoms with E-state index in [0.717, 1.165) is 4.90 Å². The quantitative estimate of drug-likeness (QED) is 0.637. The van der Waals surface area contributed by atoms with Crippen LogP contribution in [0, 0.1) is 0 Å². The highest BCUT2D eigenvalue weighted by Gasteiger charge is 2.48. The molecule has 0 unspecified atom stereocenters. The Balaban J connectivity index is 2.74. The zero-order chi connectivity index (χ0) is 10.9. The number of carbonyl (C=O) groups excluding carboxylic acids is 1. The van der Waals surface area contributed by atoms with Crippen LogP contribution in [-0.2, 0) is 4.79 Å². The molecule has 0 bridgehead atoms. The molecule has 6 heteroatoms. The van der Waals surface area contributed by atoms with Crippen LogP contribution in [0.25, 0.3) is 0 Å². The Hall–Kier alpha value is -0.780. The lowest BCUT2D eigenvalue weighted by molar-refractivity contribution is -0.653. The summed E-state index contributed by atoms with van der Waals surface area (Å²) in [4.78, 5) is 12.2. The second-order valence-corrected chi connectivity index (χ2v) is 3.52. The number of hydrogen-bond donors (Lipinski definition) is 1. The van der Waals surface area contributed by atoms with Gasteiger partial charge < -0.3 is 10.2 Å². The van der Waals surface area contributed by atoms with Crippen molar-refractivity contribution in [1.29, 1.82) is 0 Å². The highest BCUT2D eigenvalue weighted by molar-refractivity contribution is 5.81. The van der Waals surface area contributed by atoms with Crippen molar-refractivity contribution in [2.45, 2.75) is 31.1 Å². The van der Waals surface area contributed by atoms with E-state index < -0.39 is 18.1 Å². The lowest BCUT2D eigenvalue weighted by Crippen LogP contribution is -2.90. The molecule has 1 aliphatic rings. The van der Waals surface area contributed by atoms with Gasteiger partial charge in [-0.05, 0) is 6.42 Å². The summed E-state index contributed by atoms with van der Waals surface area (Å²) in [6.07, 6.45) is -4.01. The summed E-state index contributed by atoms with van der Waals surface area (Å²) in [5, 5.41) is 1.66. The first-order valence-electron chi connectivity index (χ1n) is 4.50. The fourth-order valence-electron chi connectivity index (χ4n) is 1.76. The van der Waals surface area contributed by atoms with Gasteiger partial charge in [0.25, 0.3) is 5.91 Å². The highest BCUT2D eigenvalue weighted by Crippen LogP contribution is 2.30. The molecule has 1 saturated heterocycles. The Morgan fingerprint density at radius 2 is 2.00 bits per heavy atom. The molecule has 1 heterocycles. The van der Waals surface area contributed by atoms with E-state index in [1.165, 1.54) is 7.05 Å². The lowest BCUT2D eigenvalue weighted by atomic mass is 9.98. The lowest BCUT2D eigenvalue weighted by Gasteiger charge is -2.35. The minimum Gasteiger partial charge on any atom is -0.338 e. The molecule has 3 nitrogen and oxygen atoms in total. The monoisotopic (exact) mass is 211 g/mol. The van der Waals surface area contributed by atoms with Crippen molar-refractivity contribution in [3.63, 3.8) is 0 Å². The van der Waals surface area contributed by atoms with Gasteiger partial charge in [-0.25, -0.2) is 0 Å². The number of nitrogens with two attached hydrogens (primary N) is 1. The van der Waals surface area contributed by atoms with Crippen LogP contribution in [0.4, 0.5) is 13.2 Å². The van der Waals surface area contributed by atoms with Gasteiger partial charge in [-0.1, -0.05) is 0 Å². The zero-order valence-corrected chi connectivity index (χ0v) is 8.14. The zero-order valence-electron chi connectivity index (χ0n) is 8.14. The number of carbonyl (C=O) groups is 1. The van der Waals surface area contributed by atoms with Crippen LogP contribution < -0.4 is 5.32 Å². The third-order valence-corrected chi connectivity index (χ3v) is 2.66. The fraction of sp³-hybridized carbons (Fsp3) is 0.875. The minimum atomic E-state index is -4.30. The number of halogens is 3. The van der Waals surface area contributed by atoms with Gasteiger partial charge in [0.05, 0.1) is 7.05 Å². The number of hydrogen-bond acceptors (Lipinski definition) is 1. The van der Waals surface area contributed by atoms with Gasteiger partial charge in [0.2, 0.25) is 0 Å². The molecular formula is C8H14F3N2O+. The van der Waals surface area contributed by atoms with E-state index in [0.29, 0.717) is 6.42 Å². The fourth-order valence-corrected chi connectivity index (χ4v) is 1.76. The summed E-state index contributed by atoms with van der Waals surface area (Å²) < 4.78 is 37.2. The summed E-state index contributed by atoms with van der Waals surface area (Å²) >= 11 is 0. The molecule has 0 saturated carbocycles. The number of likely N-dealkylation sites (N-methyl/N-ethyl adjacent to an activating group) is 2. The number of quaternary nitrogens is 1. The van der Waals surface area contributed by atoms with Gasteiger partial charge in [-0.2, -0.15) is 13.2 Å². The van der Waals surface area contributed by atoms with Crippen molar-refractivity contribution in [1.82, 2.24) is 4.90 Å². The molecule has 1 rings (SSSR count). The first kappa shape index (κ1) is 11.3. The maximum absolute atomic E-state index is 12.4. The van der Waals surface area contributed by atoms with Crippen LogP contribution in [-0.4, -0.2) is 43.2 Å². The van der Waals surface area contributed by atoms with Gasteiger partial charge >= 0.3 is 6.18 Å². The van der Waals surface area contributed by atoms with E-state index in [4.69, 9.17) is 0 Å². The van der Waals surface area contributed by atoms with Crippen molar-refractivity contribution in [2.24, 2.45) is 0 Å². The van der Waals surface area contributed by atoms with Crippen molar-refractivity contribution in [2.75, 3.05) is 14.1 Å². The summed E-state index contributed by atoms with van der Waals surface area (Å²) in [5.41, 5.74) is 0. The van der Waals surface area contributed by atoms with E-state index in [1.54, 1.807) is 12.4 Å². The molecule has 0 aliphatic carbocycles. The molecule has 14 heavy (non-hydrogen) atoms. The smallest absolute Gasteiger partial charge is 0.338 e. The van der Waals surface area contributed by atoms with Crippen LogP contribution in [0.5, 0.6) is 0 Å². The molecule has 1 amide bonds. The largest absolute Gasteiger partial charge is 0.408 e. The third-order valence-electron chi connectivity index (χ3n) is 2.66. The number of likely N-dealkylation sites (tertiary alicyclic amines) is 1. The number of piperidine rings is 1. The average molecular weight is 211 g/mol. The predicted octanol–water partition coefficient (Wildman–Crippen LogP) is -0.269. The SMILES string of the molecule is C[NH2+][C@@H]1CC[C@@H](C(F)(F)F)N(C)C1=O. The molecule has 2 atom stereocenters. The van der Waals surface area contributed by atoms with E-state index in [-0.39, 0.29) is 12.5 Å². The summed E-state index contributed by atoms with van der Waals surface area (Å²) in [6, 6.07) is -1.95.